The number of carbonyl (C=O) groups is 4. The van der Waals surface area contributed by atoms with E-state index in [2.05, 4.69) is 62.9 Å². The molecule has 3 aromatic carbocycles. The van der Waals surface area contributed by atoms with E-state index in [1.165, 1.54) is 26.4 Å². The zero-order valence-corrected chi connectivity index (χ0v) is 40.8. The van der Waals surface area contributed by atoms with Crippen LogP contribution < -0.4 is 10.6 Å². The summed E-state index contributed by atoms with van der Waals surface area (Å²) >= 11 is 0. The average Bonchev–Trinajstić information content (AvgIpc) is 4.14. The number of ether oxygens (including phenoxy) is 4. The number of benzene rings is 3. The Morgan fingerprint density at radius 1 is 0.884 bits per heavy atom. The summed E-state index contributed by atoms with van der Waals surface area (Å²) in [5, 5.41) is 7.26. The highest BCUT2D eigenvalue weighted by atomic mass is 16.5. The van der Waals surface area contributed by atoms with Crippen LogP contribution in [0.3, 0.4) is 0 Å². The van der Waals surface area contributed by atoms with Crippen LogP contribution in [-0.2, 0) is 39.9 Å². The van der Waals surface area contributed by atoms with Gasteiger partial charge in [0.1, 0.15) is 17.7 Å². The molecule has 16 nitrogen and oxygen atoms in total. The second-order valence-corrected chi connectivity index (χ2v) is 16.8. The molecule has 0 saturated carbocycles. The van der Waals surface area contributed by atoms with Gasteiger partial charge in [-0.05, 0) is 113 Å². The number of nitrogens with one attached hydrogen (secondary N) is 4. The number of terminal acetylenes is 2. The molecule has 3 aliphatic rings. The number of methoxy groups -OCH3 is 2. The summed E-state index contributed by atoms with van der Waals surface area (Å²) in [6, 6.07) is 14.9. The zero-order valence-electron chi connectivity index (χ0n) is 40.8. The normalized spacial score (nSPS) is 17.3. The summed E-state index contributed by atoms with van der Waals surface area (Å²) in [5.41, 5.74) is 4.97. The molecule has 0 radical (unpaired) electrons. The summed E-state index contributed by atoms with van der Waals surface area (Å²) in [6.07, 6.45) is 23.6. The van der Waals surface area contributed by atoms with Crippen LogP contribution in [-0.4, -0.2) is 126 Å². The summed E-state index contributed by atoms with van der Waals surface area (Å²) < 4.78 is 19.8. The van der Waals surface area contributed by atoms with Crippen LogP contribution in [0.15, 0.2) is 48.5 Å². The zero-order chi connectivity index (χ0) is 50.3. The van der Waals surface area contributed by atoms with E-state index in [4.69, 9.17) is 24.2 Å². The number of imidazole rings is 2. The molecule has 69 heavy (non-hydrogen) atoms. The number of aromatic amines is 2. The lowest BCUT2D eigenvalue weighted by Gasteiger charge is -2.36. The number of rotatable bonds is 11. The molecule has 0 spiro atoms. The Balaban J connectivity index is 0.000000709. The second-order valence-electron chi connectivity index (χ2n) is 16.8. The lowest BCUT2D eigenvalue weighted by atomic mass is 9.90. The molecule has 3 aliphatic heterocycles. The number of alkyl carbamates (subject to hydrolysis) is 1. The number of carbonyl (C=O) groups excluding carboxylic acids is 4. The standard InChI is InChI=1S/C42H48N8O6.C5H10O.C2H6O.2C2H2/c1-5-25(2)49(37(52)22-43-24-51)23-36-44-32-13-10-28(21-34(32)45-36)8-7-27-9-12-31-30(20-27)11-14-33-39(31)47-40(46-33)35-15-6-26(3)50(35)41(53)38(48-42(54)55-4)29-16-18-56-19-17-29;1-2-4-6-5-3-1;1-3-2;2*1-2/h9-14,20-21,24-26,29,35,38H,5-6,15-19,22-23H2,1-4H3,(H,43,51)(H,44,45)(H,46,47)(H,48,54);1-5H2;1-2H3;2*1-2H/t25-,26-,35-,38?;;;;/m0..../s1. The Labute approximate surface area is 406 Å². The Kier molecular flexibility index (Phi) is 22.5. The van der Waals surface area contributed by atoms with Crippen LogP contribution in [0.1, 0.15) is 101 Å². The smallest absolute Gasteiger partial charge is 0.407 e. The fraction of sp³-hybridized carbons (Fsp3) is 0.472. The number of amides is 4. The van der Waals surface area contributed by atoms with Crippen LogP contribution in [0.25, 0.3) is 32.8 Å². The molecule has 368 valence electrons. The van der Waals surface area contributed by atoms with Crippen molar-refractivity contribution in [2.75, 3.05) is 54.3 Å². The van der Waals surface area contributed by atoms with Gasteiger partial charge in [0.05, 0.1) is 48.3 Å². The monoisotopic (exact) mass is 945 g/mol. The molecule has 0 aliphatic carbocycles. The molecule has 5 aromatic rings. The van der Waals surface area contributed by atoms with Crippen molar-refractivity contribution in [3.63, 3.8) is 0 Å². The topological polar surface area (TPSA) is 193 Å². The molecule has 0 bridgehead atoms. The van der Waals surface area contributed by atoms with Crippen molar-refractivity contribution in [3.05, 3.63) is 71.3 Å². The molecular formula is C53H68N8O8. The summed E-state index contributed by atoms with van der Waals surface area (Å²) in [5.74, 6) is 7.62. The summed E-state index contributed by atoms with van der Waals surface area (Å²) in [6.45, 7) is 9.38. The van der Waals surface area contributed by atoms with Crippen molar-refractivity contribution in [1.82, 2.24) is 40.4 Å². The summed E-state index contributed by atoms with van der Waals surface area (Å²) in [4.78, 5) is 70.3. The van der Waals surface area contributed by atoms with E-state index in [-0.39, 0.29) is 42.4 Å². The molecule has 8 rings (SSSR count). The van der Waals surface area contributed by atoms with Crippen molar-refractivity contribution in [2.24, 2.45) is 5.92 Å². The number of likely N-dealkylation sites (tertiary alicyclic amines) is 1. The molecule has 4 amide bonds. The molecule has 5 heterocycles. The predicted molar refractivity (Wildman–Crippen MR) is 269 cm³/mol. The average molecular weight is 945 g/mol. The third kappa shape index (κ3) is 14.8. The minimum atomic E-state index is -0.709. The highest BCUT2D eigenvalue weighted by Crippen LogP contribution is 2.38. The van der Waals surface area contributed by atoms with E-state index in [1.54, 1.807) is 19.1 Å². The van der Waals surface area contributed by atoms with Gasteiger partial charge in [-0.1, -0.05) is 30.9 Å². The SMILES string of the molecule is C#C.C#C.C1CCOCC1.CC[C@H](C)N(Cc1nc2ccc(C#Cc3ccc4c(ccc5[nH]c([C@@H]6CC[C@H](C)N6C(=O)C(NC(=O)OC)C6CCOCC6)nc54)c3)cc2[nH]1)C(=O)CNC=O.COC. The van der Waals surface area contributed by atoms with Gasteiger partial charge in [0.2, 0.25) is 18.2 Å². The fourth-order valence-corrected chi connectivity index (χ4v) is 8.61. The highest BCUT2D eigenvalue weighted by molar-refractivity contribution is 6.04. The van der Waals surface area contributed by atoms with Crippen molar-refractivity contribution < 1.29 is 38.1 Å². The molecular weight excluding hydrogens is 877 g/mol. The van der Waals surface area contributed by atoms with Crippen molar-refractivity contribution in [2.45, 2.75) is 103 Å². The van der Waals surface area contributed by atoms with E-state index in [9.17, 15) is 19.2 Å². The van der Waals surface area contributed by atoms with Crippen LogP contribution in [0.5, 0.6) is 0 Å². The second kappa shape index (κ2) is 28.4. The number of nitrogens with zero attached hydrogens (tertiary/aromatic N) is 4. The number of hydrogen-bond donors (Lipinski definition) is 4. The summed E-state index contributed by atoms with van der Waals surface area (Å²) in [7, 11) is 4.56. The van der Waals surface area contributed by atoms with E-state index in [1.807, 2.05) is 74.2 Å². The van der Waals surface area contributed by atoms with E-state index in [0.29, 0.717) is 44.8 Å². The fourth-order valence-electron chi connectivity index (χ4n) is 8.61. The maximum absolute atomic E-state index is 14.2. The molecule has 4 atom stereocenters. The Hall–Kier alpha value is -6.90. The van der Waals surface area contributed by atoms with Gasteiger partial charge in [-0.15, -0.1) is 25.7 Å². The first-order chi connectivity index (χ1) is 33.6. The number of hydrogen-bond acceptors (Lipinski definition) is 10. The molecule has 1 unspecified atom stereocenters. The van der Waals surface area contributed by atoms with Gasteiger partial charge in [-0.25, -0.2) is 14.8 Å². The molecule has 3 saturated heterocycles. The maximum Gasteiger partial charge on any atom is 0.407 e. The van der Waals surface area contributed by atoms with Gasteiger partial charge in [0.25, 0.3) is 0 Å². The third-order valence-electron chi connectivity index (χ3n) is 12.2. The third-order valence-corrected chi connectivity index (χ3v) is 12.2. The molecule has 4 N–H and O–H groups in total. The van der Waals surface area contributed by atoms with Crippen LogP contribution >= 0.6 is 0 Å². The molecule has 2 aromatic heterocycles. The number of fused-ring (bicyclic) bond motifs is 4. The van der Waals surface area contributed by atoms with Gasteiger partial charge in [-0.2, -0.15) is 0 Å². The predicted octanol–water partition coefficient (Wildman–Crippen LogP) is 7.02. The van der Waals surface area contributed by atoms with E-state index < -0.39 is 12.1 Å². The number of H-pyrrole nitrogens is 2. The molecule has 16 heteroatoms. The minimum Gasteiger partial charge on any atom is -0.453 e. The maximum atomic E-state index is 14.2. The van der Waals surface area contributed by atoms with Gasteiger partial charge in [0.15, 0.2) is 0 Å². The first-order valence-corrected chi connectivity index (χ1v) is 23.4. The minimum absolute atomic E-state index is 0.0191. The molecule has 3 fully saturated rings. The first kappa shape index (κ1) is 54.7. The Bertz CT molecular complexity index is 2530. The van der Waals surface area contributed by atoms with Crippen LogP contribution in [0.2, 0.25) is 0 Å². The highest BCUT2D eigenvalue weighted by Gasteiger charge is 2.43. The van der Waals surface area contributed by atoms with Crippen molar-refractivity contribution >= 4 is 57.2 Å². The van der Waals surface area contributed by atoms with Crippen molar-refractivity contribution in [1.29, 1.82) is 0 Å². The lowest BCUT2D eigenvalue weighted by molar-refractivity contribution is -0.138. The van der Waals surface area contributed by atoms with Gasteiger partial charge in [-0.3, -0.25) is 14.4 Å². The van der Waals surface area contributed by atoms with Gasteiger partial charge < -0.3 is 49.3 Å². The van der Waals surface area contributed by atoms with E-state index in [0.717, 1.165) is 82.3 Å². The van der Waals surface area contributed by atoms with Gasteiger partial charge in [0, 0.05) is 69.2 Å². The Morgan fingerprint density at radius 3 is 2.17 bits per heavy atom. The van der Waals surface area contributed by atoms with Crippen LogP contribution in [0.4, 0.5) is 4.79 Å². The van der Waals surface area contributed by atoms with E-state index >= 15 is 0 Å². The van der Waals surface area contributed by atoms with Crippen molar-refractivity contribution in [3.8, 4) is 37.5 Å². The Morgan fingerprint density at radius 2 is 1.55 bits per heavy atom. The van der Waals surface area contributed by atoms with Gasteiger partial charge >= 0.3 is 6.09 Å². The van der Waals surface area contributed by atoms with Crippen LogP contribution in [0, 0.1) is 43.5 Å². The first-order valence-electron chi connectivity index (χ1n) is 23.4. The number of aromatic nitrogens is 4. The quantitative estimate of drug-likeness (QED) is 0.0791. The largest absolute Gasteiger partial charge is 0.453 e. The lowest BCUT2D eigenvalue weighted by Crippen LogP contribution is -2.54.